The highest BCUT2D eigenvalue weighted by atomic mass is 16.5. The lowest BCUT2D eigenvalue weighted by Crippen LogP contribution is -2.03. The molecular formula is C17H20O3. The van der Waals surface area contributed by atoms with Gasteiger partial charge < -0.3 is 14.6 Å². The Balaban J connectivity index is 1.97. The molecule has 0 unspecified atom stereocenters. The molecule has 0 aliphatic carbocycles. The molecule has 20 heavy (non-hydrogen) atoms. The molecule has 0 heterocycles. The molecule has 0 aromatic heterocycles. The normalized spacial score (nSPS) is 10.3. The predicted molar refractivity (Wildman–Crippen MR) is 79.3 cm³/mol. The van der Waals surface area contributed by atoms with Crippen molar-refractivity contribution in [2.75, 3.05) is 13.7 Å². The van der Waals surface area contributed by atoms with Crippen LogP contribution in [0.5, 0.6) is 11.5 Å². The summed E-state index contributed by atoms with van der Waals surface area (Å²) in [5, 5.41) is 9.10. The first kappa shape index (κ1) is 14.4. The fourth-order valence-electron chi connectivity index (χ4n) is 2.08. The monoisotopic (exact) mass is 272 g/mol. The van der Waals surface area contributed by atoms with Gasteiger partial charge in [0.2, 0.25) is 0 Å². The first-order valence-electron chi connectivity index (χ1n) is 6.69. The predicted octanol–water partition coefficient (Wildman–Crippen LogP) is 3.12. The second-order valence-corrected chi connectivity index (χ2v) is 4.73. The van der Waals surface area contributed by atoms with Crippen molar-refractivity contribution in [3.8, 4) is 11.5 Å². The van der Waals surface area contributed by atoms with E-state index in [2.05, 4.69) is 31.2 Å². The topological polar surface area (TPSA) is 38.7 Å². The Morgan fingerprint density at radius 1 is 1.00 bits per heavy atom. The lowest BCUT2D eigenvalue weighted by Gasteiger charge is -2.12. The average Bonchev–Trinajstić information content (AvgIpc) is 2.47. The van der Waals surface area contributed by atoms with Crippen LogP contribution in [0.15, 0.2) is 42.5 Å². The van der Waals surface area contributed by atoms with E-state index in [9.17, 15) is 0 Å². The third kappa shape index (κ3) is 3.75. The van der Waals surface area contributed by atoms with E-state index in [0.717, 1.165) is 12.0 Å². The smallest absolute Gasteiger partial charge is 0.161 e. The van der Waals surface area contributed by atoms with Gasteiger partial charge in [-0.05, 0) is 30.2 Å². The number of methoxy groups -OCH3 is 1. The highest BCUT2D eigenvalue weighted by Crippen LogP contribution is 2.28. The summed E-state index contributed by atoms with van der Waals surface area (Å²) in [6.07, 6.45) is 0.854. The van der Waals surface area contributed by atoms with Crippen molar-refractivity contribution < 1.29 is 14.6 Å². The van der Waals surface area contributed by atoms with Crippen molar-refractivity contribution in [1.29, 1.82) is 0 Å². The van der Waals surface area contributed by atoms with Crippen LogP contribution in [0.2, 0.25) is 0 Å². The maximum atomic E-state index is 9.10. The number of aryl methyl sites for hydroxylation is 1. The molecule has 0 saturated carbocycles. The second kappa shape index (κ2) is 6.96. The van der Waals surface area contributed by atoms with Gasteiger partial charge >= 0.3 is 0 Å². The van der Waals surface area contributed by atoms with Crippen LogP contribution in [0.25, 0.3) is 0 Å². The van der Waals surface area contributed by atoms with E-state index in [4.69, 9.17) is 14.6 Å². The van der Waals surface area contributed by atoms with E-state index in [-0.39, 0.29) is 6.61 Å². The van der Waals surface area contributed by atoms with E-state index in [1.165, 1.54) is 11.1 Å². The molecule has 0 bridgehead atoms. The van der Waals surface area contributed by atoms with Crippen molar-refractivity contribution in [2.45, 2.75) is 20.0 Å². The van der Waals surface area contributed by atoms with Crippen LogP contribution < -0.4 is 9.47 Å². The quantitative estimate of drug-likeness (QED) is 0.878. The van der Waals surface area contributed by atoms with Gasteiger partial charge in [-0.1, -0.05) is 35.9 Å². The van der Waals surface area contributed by atoms with Gasteiger partial charge in [0.15, 0.2) is 11.5 Å². The number of benzene rings is 2. The number of hydrogen-bond acceptors (Lipinski definition) is 3. The zero-order chi connectivity index (χ0) is 14.4. The standard InChI is InChI=1S/C17H20O3/c1-13-4-3-5-14(10-13)8-9-20-16-7-6-15(12-18)11-17(16)19-2/h3-7,10-11,18H,8-9,12H2,1-2H3. The largest absolute Gasteiger partial charge is 0.493 e. The van der Waals surface area contributed by atoms with E-state index in [1.54, 1.807) is 13.2 Å². The van der Waals surface area contributed by atoms with Crippen molar-refractivity contribution in [3.63, 3.8) is 0 Å². The van der Waals surface area contributed by atoms with Crippen molar-refractivity contribution in [3.05, 3.63) is 59.2 Å². The summed E-state index contributed by atoms with van der Waals surface area (Å²) >= 11 is 0. The number of hydrogen-bond donors (Lipinski definition) is 1. The van der Waals surface area contributed by atoms with Gasteiger partial charge in [-0.3, -0.25) is 0 Å². The summed E-state index contributed by atoms with van der Waals surface area (Å²) < 4.78 is 11.0. The molecule has 0 aliphatic rings. The van der Waals surface area contributed by atoms with E-state index in [1.807, 2.05) is 12.1 Å². The minimum atomic E-state index is -0.0000673. The van der Waals surface area contributed by atoms with Crippen LogP contribution >= 0.6 is 0 Å². The fraction of sp³-hybridized carbons (Fsp3) is 0.294. The number of rotatable bonds is 6. The average molecular weight is 272 g/mol. The zero-order valence-electron chi connectivity index (χ0n) is 11.9. The number of aliphatic hydroxyl groups excluding tert-OH is 1. The Morgan fingerprint density at radius 3 is 2.55 bits per heavy atom. The van der Waals surface area contributed by atoms with E-state index >= 15 is 0 Å². The molecule has 2 aromatic rings. The van der Waals surface area contributed by atoms with Gasteiger partial charge in [-0.15, -0.1) is 0 Å². The molecule has 0 aliphatic heterocycles. The maximum absolute atomic E-state index is 9.10. The van der Waals surface area contributed by atoms with Crippen LogP contribution in [-0.2, 0) is 13.0 Å². The maximum Gasteiger partial charge on any atom is 0.161 e. The van der Waals surface area contributed by atoms with Gasteiger partial charge in [-0.2, -0.15) is 0 Å². The van der Waals surface area contributed by atoms with E-state index in [0.29, 0.717) is 18.1 Å². The molecule has 0 atom stereocenters. The van der Waals surface area contributed by atoms with Gasteiger partial charge in [0.05, 0.1) is 20.3 Å². The van der Waals surface area contributed by atoms with Crippen LogP contribution in [0, 0.1) is 6.92 Å². The fourth-order valence-corrected chi connectivity index (χ4v) is 2.08. The van der Waals surface area contributed by atoms with Crippen LogP contribution in [-0.4, -0.2) is 18.8 Å². The first-order chi connectivity index (χ1) is 9.72. The Morgan fingerprint density at radius 2 is 1.85 bits per heavy atom. The number of ether oxygens (including phenoxy) is 2. The van der Waals surface area contributed by atoms with Crippen LogP contribution in [0.4, 0.5) is 0 Å². The molecule has 3 nitrogen and oxygen atoms in total. The third-order valence-electron chi connectivity index (χ3n) is 3.14. The van der Waals surface area contributed by atoms with Gasteiger partial charge in [0.25, 0.3) is 0 Å². The molecule has 3 heteroatoms. The second-order valence-electron chi connectivity index (χ2n) is 4.73. The van der Waals surface area contributed by atoms with Gasteiger partial charge in [0.1, 0.15) is 0 Å². The Hall–Kier alpha value is -2.00. The van der Waals surface area contributed by atoms with Crippen molar-refractivity contribution >= 4 is 0 Å². The Kier molecular flexibility index (Phi) is 5.02. The van der Waals surface area contributed by atoms with Gasteiger partial charge in [-0.25, -0.2) is 0 Å². The first-order valence-corrected chi connectivity index (χ1v) is 6.69. The summed E-state index contributed by atoms with van der Waals surface area (Å²) in [7, 11) is 1.60. The summed E-state index contributed by atoms with van der Waals surface area (Å²) in [5.74, 6) is 1.36. The molecule has 1 N–H and O–H groups in total. The summed E-state index contributed by atoms with van der Waals surface area (Å²) in [6.45, 7) is 2.68. The summed E-state index contributed by atoms with van der Waals surface area (Å²) in [5.41, 5.74) is 3.33. The molecule has 0 radical (unpaired) electrons. The zero-order valence-corrected chi connectivity index (χ0v) is 11.9. The SMILES string of the molecule is COc1cc(CO)ccc1OCCc1cccc(C)c1. The highest BCUT2D eigenvalue weighted by Gasteiger charge is 2.05. The molecule has 2 rings (SSSR count). The Bertz CT molecular complexity index is 564. The molecule has 0 fully saturated rings. The third-order valence-corrected chi connectivity index (χ3v) is 3.14. The summed E-state index contributed by atoms with van der Waals surface area (Å²) in [6, 6.07) is 13.9. The van der Waals surface area contributed by atoms with Crippen molar-refractivity contribution in [2.24, 2.45) is 0 Å². The summed E-state index contributed by atoms with van der Waals surface area (Å²) in [4.78, 5) is 0. The van der Waals surface area contributed by atoms with Crippen LogP contribution in [0.1, 0.15) is 16.7 Å². The highest BCUT2D eigenvalue weighted by molar-refractivity contribution is 5.42. The lowest BCUT2D eigenvalue weighted by atomic mass is 10.1. The molecular weight excluding hydrogens is 252 g/mol. The molecule has 2 aromatic carbocycles. The lowest BCUT2D eigenvalue weighted by molar-refractivity contribution is 0.277. The molecule has 0 saturated heterocycles. The van der Waals surface area contributed by atoms with Gasteiger partial charge in [0, 0.05) is 6.42 Å². The molecule has 0 amide bonds. The van der Waals surface area contributed by atoms with E-state index < -0.39 is 0 Å². The molecule has 106 valence electrons. The Labute approximate surface area is 119 Å². The molecule has 0 spiro atoms. The minimum Gasteiger partial charge on any atom is -0.493 e. The van der Waals surface area contributed by atoms with Crippen LogP contribution in [0.3, 0.4) is 0 Å². The minimum absolute atomic E-state index is 0.0000673. The van der Waals surface area contributed by atoms with Crippen molar-refractivity contribution in [1.82, 2.24) is 0 Å². The number of aliphatic hydroxyl groups is 1.